The Morgan fingerprint density at radius 3 is 2.59 bits per heavy atom. The highest BCUT2D eigenvalue weighted by Gasteiger charge is 2.50. The van der Waals surface area contributed by atoms with E-state index in [0.717, 1.165) is 26.0 Å². The van der Waals surface area contributed by atoms with Gasteiger partial charge in [0.2, 0.25) is 0 Å². The van der Waals surface area contributed by atoms with Gasteiger partial charge in [0.1, 0.15) is 0 Å². The second kappa shape index (κ2) is 5.97. The molecule has 1 aromatic heterocycles. The van der Waals surface area contributed by atoms with E-state index in [2.05, 4.69) is 44.3 Å². The molecule has 0 saturated carbocycles. The lowest BCUT2D eigenvalue weighted by atomic mass is 9.71. The van der Waals surface area contributed by atoms with E-state index >= 15 is 0 Å². The fraction of sp³-hybridized carbons (Fsp3) is 0.833. The monoisotopic (exact) mass is 305 g/mol. The maximum atomic E-state index is 6.02. The molecule has 0 spiro atoms. The Morgan fingerprint density at radius 2 is 2.05 bits per heavy atom. The first kappa shape index (κ1) is 16.0. The maximum Gasteiger partial charge on any atom is 0.0736 e. The highest BCUT2D eigenvalue weighted by molar-refractivity contribution is 5.27. The van der Waals surface area contributed by atoms with Gasteiger partial charge in [0.25, 0.3) is 0 Å². The van der Waals surface area contributed by atoms with Crippen molar-refractivity contribution in [2.24, 2.45) is 12.5 Å². The van der Waals surface area contributed by atoms with Crippen molar-refractivity contribution in [1.29, 1.82) is 0 Å². The third-order valence-corrected chi connectivity index (χ3v) is 5.51. The molecule has 4 nitrogen and oxygen atoms in total. The lowest BCUT2D eigenvalue weighted by Crippen LogP contribution is -2.65. The largest absolute Gasteiger partial charge is 0.377 e. The lowest BCUT2D eigenvalue weighted by molar-refractivity contribution is -0.122. The minimum Gasteiger partial charge on any atom is -0.377 e. The van der Waals surface area contributed by atoms with Crippen LogP contribution in [0.1, 0.15) is 57.5 Å². The van der Waals surface area contributed by atoms with Crippen LogP contribution in [-0.4, -0.2) is 40.0 Å². The van der Waals surface area contributed by atoms with Gasteiger partial charge in [-0.15, -0.1) is 0 Å². The van der Waals surface area contributed by atoms with E-state index in [1.165, 1.54) is 36.3 Å². The van der Waals surface area contributed by atoms with E-state index in [1.54, 1.807) is 0 Å². The van der Waals surface area contributed by atoms with Crippen LogP contribution in [0.15, 0.2) is 0 Å². The first-order valence-corrected chi connectivity index (χ1v) is 8.87. The van der Waals surface area contributed by atoms with E-state index in [-0.39, 0.29) is 0 Å². The number of nitrogens with zero attached hydrogens (tertiary/aromatic N) is 3. The average Bonchev–Trinajstić information content (AvgIpc) is 3.05. The summed E-state index contributed by atoms with van der Waals surface area (Å²) in [4.78, 5) is 2.63. The van der Waals surface area contributed by atoms with Crippen LogP contribution < -0.4 is 0 Å². The third kappa shape index (κ3) is 2.61. The highest BCUT2D eigenvalue weighted by atomic mass is 16.5. The summed E-state index contributed by atoms with van der Waals surface area (Å²) >= 11 is 0. The predicted molar refractivity (Wildman–Crippen MR) is 88.9 cm³/mol. The molecular formula is C18H31N3O. The highest BCUT2D eigenvalue weighted by Crippen LogP contribution is 2.43. The predicted octanol–water partition coefficient (Wildman–Crippen LogP) is 2.93. The second-order valence-electron chi connectivity index (χ2n) is 7.59. The maximum absolute atomic E-state index is 6.02. The van der Waals surface area contributed by atoms with Crippen LogP contribution in [0.25, 0.3) is 0 Å². The van der Waals surface area contributed by atoms with Gasteiger partial charge >= 0.3 is 0 Å². The molecule has 3 heterocycles. The molecule has 2 atom stereocenters. The molecule has 2 fully saturated rings. The summed E-state index contributed by atoms with van der Waals surface area (Å²) in [7, 11) is 2.08. The van der Waals surface area contributed by atoms with Crippen LogP contribution in [0.5, 0.6) is 0 Å². The summed E-state index contributed by atoms with van der Waals surface area (Å²) < 4.78 is 8.10. The standard InChI is InChI=1S/C18H31N3O/c1-6-14-13(15(7-2)20(5)19-14)11-21-12-18(3,4)17(21)16-9-8-10-22-16/h16-17H,6-12H2,1-5H3/t16-,17+/m0/s1. The van der Waals surface area contributed by atoms with Gasteiger partial charge in [-0.05, 0) is 31.1 Å². The summed E-state index contributed by atoms with van der Waals surface area (Å²) in [6.45, 7) is 12.4. The van der Waals surface area contributed by atoms with Crippen molar-refractivity contribution in [2.75, 3.05) is 13.2 Å². The molecule has 124 valence electrons. The van der Waals surface area contributed by atoms with Gasteiger partial charge in [0.15, 0.2) is 0 Å². The van der Waals surface area contributed by atoms with Gasteiger partial charge in [-0.25, -0.2) is 0 Å². The zero-order chi connectivity index (χ0) is 15.9. The molecule has 0 N–H and O–H groups in total. The first-order chi connectivity index (χ1) is 10.5. The van der Waals surface area contributed by atoms with Gasteiger partial charge < -0.3 is 4.74 Å². The molecule has 4 heteroatoms. The number of likely N-dealkylation sites (tertiary alicyclic amines) is 1. The smallest absolute Gasteiger partial charge is 0.0736 e. The molecule has 0 radical (unpaired) electrons. The Morgan fingerprint density at radius 1 is 1.27 bits per heavy atom. The average molecular weight is 305 g/mol. The Kier molecular flexibility index (Phi) is 4.34. The second-order valence-corrected chi connectivity index (χ2v) is 7.59. The van der Waals surface area contributed by atoms with Crippen molar-refractivity contribution in [2.45, 2.75) is 72.1 Å². The summed E-state index contributed by atoms with van der Waals surface area (Å²) in [5, 5.41) is 4.73. The Bertz CT molecular complexity index is 529. The molecular weight excluding hydrogens is 274 g/mol. The van der Waals surface area contributed by atoms with Crippen LogP contribution in [0.4, 0.5) is 0 Å². The van der Waals surface area contributed by atoms with Gasteiger partial charge in [-0.3, -0.25) is 9.58 Å². The van der Waals surface area contributed by atoms with E-state index in [0.29, 0.717) is 17.6 Å². The Labute approximate surface area is 134 Å². The number of aryl methyl sites for hydroxylation is 2. The van der Waals surface area contributed by atoms with Gasteiger partial charge in [-0.2, -0.15) is 5.10 Å². The van der Waals surface area contributed by atoms with Gasteiger partial charge in [-0.1, -0.05) is 27.7 Å². The third-order valence-electron chi connectivity index (χ3n) is 5.51. The van der Waals surface area contributed by atoms with Crippen molar-refractivity contribution in [1.82, 2.24) is 14.7 Å². The van der Waals surface area contributed by atoms with Crippen molar-refractivity contribution >= 4 is 0 Å². The summed E-state index contributed by atoms with van der Waals surface area (Å²) in [6.07, 6.45) is 4.94. The zero-order valence-electron chi connectivity index (χ0n) is 14.9. The number of rotatable bonds is 5. The van der Waals surface area contributed by atoms with E-state index in [9.17, 15) is 0 Å². The normalized spacial score (nSPS) is 28.0. The molecule has 1 aromatic rings. The molecule has 0 bridgehead atoms. The first-order valence-electron chi connectivity index (χ1n) is 8.87. The Hall–Kier alpha value is -0.870. The van der Waals surface area contributed by atoms with Crippen molar-refractivity contribution in [3.8, 4) is 0 Å². The molecule has 3 rings (SSSR count). The molecule has 0 aromatic carbocycles. The minimum atomic E-state index is 0.371. The lowest BCUT2D eigenvalue weighted by Gasteiger charge is -2.56. The van der Waals surface area contributed by atoms with Gasteiger partial charge in [0.05, 0.1) is 11.8 Å². The summed E-state index contributed by atoms with van der Waals surface area (Å²) in [5.74, 6) is 0. The van der Waals surface area contributed by atoms with Crippen LogP contribution in [-0.2, 0) is 31.2 Å². The Balaban J connectivity index is 1.81. The minimum absolute atomic E-state index is 0.371. The van der Waals surface area contributed by atoms with E-state index < -0.39 is 0 Å². The van der Waals surface area contributed by atoms with Crippen LogP contribution in [0.3, 0.4) is 0 Å². The number of ether oxygens (including phenoxy) is 1. The fourth-order valence-corrected chi connectivity index (χ4v) is 4.62. The van der Waals surface area contributed by atoms with Crippen molar-refractivity contribution in [3.63, 3.8) is 0 Å². The van der Waals surface area contributed by atoms with Crippen molar-refractivity contribution in [3.05, 3.63) is 17.0 Å². The number of hydrogen-bond acceptors (Lipinski definition) is 3. The summed E-state index contributed by atoms with van der Waals surface area (Å²) in [5.41, 5.74) is 4.50. The number of hydrogen-bond donors (Lipinski definition) is 0. The van der Waals surface area contributed by atoms with Crippen LogP contribution in [0.2, 0.25) is 0 Å². The molecule has 2 aliphatic heterocycles. The summed E-state index contributed by atoms with van der Waals surface area (Å²) in [6, 6.07) is 0.560. The topological polar surface area (TPSA) is 30.3 Å². The number of aromatic nitrogens is 2. The molecule has 0 amide bonds. The molecule has 0 aliphatic carbocycles. The van der Waals surface area contributed by atoms with Crippen molar-refractivity contribution < 1.29 is 4.74 Å². The van der Waals surface area contributed by atoms with Crippen LogP contribution >= 0.6 is 0 Å². The molecule has 0 unspecified atom stereocenters. The zero-order valence-corrected chi connectivity index (χ0v) is 14.9. The van der Waals surface area contributed by atoms with Crippen LogP contribution in [0, 0.1) is 5.41 Å². The van der Waals surface area contributed by atoms with E-state index in [1.807, 2.05) is 0 Å². The quantitative estimate of drug-likeness (QED) is 0.838. The van der Waals surface area contributed by atoms with Gasteiger partial charge in [0, 0.05) is 44.0 Å². The molecule has 2 saturated heterocycles. The van der Waals surface area contributed by atoms with E-state index in [4.69, 9.17) is 9.84 Å². The SMILES string of the molecule is CCc1nn(C)c(CC)c1CN1CC(C)(C)[C@H]1[C@@H]1CCCO1. The fourth-order valence-electron chi connectivity index (χ4n) is 4.62. The molecule has 22 heavy (non-hydrogen) atoms. The molecule has 2 aliphatic rings.